The predicted molar refractivity (Wildman–Crippen MR) is 370 cm³/mol. The molecule has 0 N–H and O–H groups in total. The standard InChI is InChI=1S/C80H70P4/c1-9-39-69(40-10-1)81(70-41-11-2-12-42-70)59-65-35-27-25-33-63(65)57-79(77-55-31-29-37-67(77)61-83(73-47-17-5-18-48-73)74-49-19-6-20-50-74)80(78-56-32-30-38-68(78)62-84(75-51-21-7-22-52-75)76-53-23-8-24-54-76)58-64-34-26-28-36-66(64)60-82(71-43-13-3-14-44-71)72-45-15-4-16-46-72/h1-56,79-80H,57-62H2. The zero-order valence-corrected chi connectivity index (χ0v) is 51.1. The third-order valence-corrected chi connectivity index (χ3v) is 26.4. The monoisotopic (exact) mass is 1150 g/mol. The van der Waals surface area contributed by atoms with Gasteiger partial charge in [-0.2, -0.15) is 0 Å². The van der Waals surface area contributed by atoms with Gasteiger partial charge in [0.1, 0.15) is 0 Å². The summed E-state index contributed by atoms with van der Waals surface area (Å²) < 4.78 is 0. The van der Waals surface area contributed by atoms with Crippen LogP contribution in [-0.2, 0) is 37.5 Å². The molecule has 0 heterocycles. The van der Waals surface area contributed by atoms with Crippen molar-refractivity contribution in [2.75, 3.05) is 0 Å². The van der Waals surface area contributed by atoms with Crippen molar-refractivity contribution in [1.29, 1.82) is 0 Å². The minimum absolute atomic E-state index is 0.101. The van der Waals surface area contributed by atoms with E-state index in [-0.39, 0.29) is 11.8 Å². The molecule has 410 valence electrons. The average molecular weight is 1160 g/mol. The minimum atomic E-state index is -0.740. The Morgan fingerprint density at radius 1 is 0.167 bits per heavy atom. The molecule has 84 heavy (non-hydrogen) atoms. The molecule has 0 aliphatic carbocycles. The third kappa shape index (κ3) is 14.1. The first-order chi connectivity index (χ1) is 41.7. The van der Waals surface area contributed by atoms with E-state index in [1.54, 1.807) is 0 Å². The van der Waals surface area contributed by atoms with Gasteiger partial charge in [-0.3, -0.25) is 0 Å². The van der Waals surface area contributed by atoms with Crippen molar-refractivity contribution in [2.24, 2.45) is 0 Å². The van der Waals surface area contributed by atoms with Crippen molar-refractivity contribution in [1.82, 2.24) is 0 Å². The molecule has 0 fully saturated rings. The Bertz CT molecular complexity index is 3500. The molecule has 0 aromatic heterocycles. The molecule has 0 saturated carbocycles. The van der Waals surface area contributed by atoms with Gasteiger partial charge in [0.25, 0.3) is 0 Å². The Balaban J connectivity index is 1.06. The van der Waals surface area contributed by atoms with Crippen LogP contribution in [0.4, 0.5) is 0 Å². The number of hydrogen-bond donors (Lipinski definition) is 0. The van der Waals surface area contributed by atoms with E-state index in [0.717, 1.165) is 37.5 Å². The lowest BCUT2D eigenvalue weighted by molar-refractivity contribution is 0.524. The first kappa shape index (κ1) is 56.8. The van der Waals surface area contributed by atoms with Crippen LogP contribution in [0.2, 0.25) is 0 Å². The Morgan fingerprint density at radius 2 is 0.333 bits per heavy atom. The lowest BCUT2D eigenvalue weighted by atomic mass is 9.72. The van der Waals surface area contributed by atoms with Gasteiger partial charge in [-0.05, 0) is 143 Å². The van der Waals surface area contributed by atoms with E-state index in [9.17, 15) is 0 Å². The van der Waals surface area contributed by atoms with E-state index < -0.39 is 31.7 Å². The Kier molecular flexibility index (Phi) is 19.5. The summed E-state index contributed by atoms with van der Waals surface area (Å²) in [6.45, 7) is 0. The van der Waals surface area contributed by atoms with Crippen LogP contribution >= 0.6 is 31.7 Å². The van der Waals surface area contributed by atoms with E-state index in [4.69, 9.17) is 0 Å². The van der Waals surface area contributed by atoms with Gasteiger partial charge in [-0.1, -0.05) is 340 Å². The zero-order chi connectivity index (χ0) is 56.5. The van der Waals surface area contributed by atoms with Crippen molar-refractivity contribution in [3.8, 4) is 0 Å². The molecular weight excluding hydrogens is 1080 g/mol. The summed E-state index contributed by atoms with van der Waals surface area (Å²) in [5.41, 5.74) is 11.6. The molecule has 0 spiro atoms. The quantitative estimate of drug-likeness (QED) is 0.0560. The highest BCUT2D eigenvalue weighted by molar-refractivity contribution is 7.73. The molecular formula is C80H70P4. The first-order valence-corrected chi connectivity index (χ1v) is 35.6. The Hall–Kier alpha value is -7.64. The highest BCUT2D eigenvalue weighted by Gasteiger charge is 2.33. The van der Waals surface area contributed by atoms with Crippen molar-refractivity contribution >= 4 is 74.1 Å². The van der Waals surface area contributed by atoms with Gasteiger partial charge in [-0.15, -0.1) is 0 Å². The number of hydrogen-bond acceptors (Lipinski definition) is 0. The summed E-state index contributed by atoms with van der Waals surface area (Å²) in [6.07, 6.45) is 5.60. The maximum absolute atomic E-state index is 2.53. The maximum Gasteiger partial charge on any atom is 0.00103 e. The van der Waals surface area contributed by atoms with E-state index in [1.807, 2.05) is 0 Å². The average Bonchev–Trinajstić information content (AvgIpc) is 3.76. The van der Waals surface area contributed by atoms with E-state index in [0.29, 0.717) is 0 Å². The summed E-state index contributed by atoms with van der Waals surface area (Å²) in [6, 6.07) is 129. The maximum atomic E-state index is 2.53. The lowest BCUT2D eigenvalue weighted by Crippen LogP contribution is -2.22. The van der Waals surface area contributed by atoms with Crippen LogP contribution in [-0.4, -0.2) is 0 Å². The Labute approximate surface area is 504 Å². The van der Waals surface area contributed by atoms with Crippen LogP contribution in [0.15, 0.2) is 340 Å². The van der Waals surface area contributed by atoms with Gasteiger partial charge in [-0.25, -0.2) is 0 Å². The number of benzene rings is 12. The molecule has 0 bridgehead atoms. The van der Waals surface area contributed by atoms with Crippen molar-refractivity contribution in [3.63, 3.8) is 0 Å². The van der Waals surface area contributed by atoms with Crippen LogP contribution in [0, 0.1) is 0 Å². The molecule has 12 rings (SSSR count). The summed E-state index contributed by atoms with van der Waals surface area (Å²) in [5.74, 6) is 0.202. The molecule has 0 aliphatic heterocycles. The van der Waals surface area contributed by atoms with Crippen LogP contribution < -0.4 is 42.4 Å². The van der Waals surface area contributed by atoms with Gasteiger partial charge in [0.05, 0.1) is 0 Å². The van der Waals surface area contributed by atoms with Crippen LogP contribution in [0.3, 0.4) is 0 Å². The molecule has 12 aromatic rings. The van der Waals surface area contributed by atoms with Crippen molar-refractivity contribution in [2.45, 2.75) is 49.3 Å². The fourth-order valence-electron chi connectivity index (χ4n) is 12.2. The van der Waals surface area contributed by atoms with E-state index in [1.165, 1.54) is 86.9 Å². The fraction of sp³-hybridized carbons (Fsp3) is 0.100. The topological polar surface area (TPSA) is 0 Å². The van der Waals surface area contributed by atoms with Gasteiger partial charge in [0.2, 0.25) is 0 Å². The molecule has 2 atom stereocenters. The highest BCUT2D eigenvalue weighted by Crippen LogP contribution is 2.49. The smallest absolute Gasteiger partial charge is 0.00103 e. The van der Waals surface area contributed by atoms with E-state index in [2.05, 4.69) is 340 Å². The third-order valence-electron chi connectivity index (χ3n) is 16.4. The second kappa shape index (κ2) is 28.8. The molecule has 0 saturated heterocycles. The van der Waals surface area contributed by atoms with E-state index >= 15 is 0 Å². The fourth-order valence-corrected chi connectivity index (χ4v) is 21.6. The molecule has 4 heteroatoms. The van der Waals surface area contributed by atoms with Gasteiger partial charge in [0.15, 0.2) is 0 Å². The summed E-state index contributed by atoms with van der Waals surface area (Å²) in [5, 5.41) is 11.3. The van der Waals surface area contributed by atoms with Gasteiger partial charge < -0.3 is 0 Å². The van der Waals surface area contributed by atoms with Gasteiger partial charge in [0, 0.05) is 24.6 Å². The highest BCUT2D eigenvalue weighted by atomic mass is 31.1. The molecule has 0 amide bonds. The Morgan fingerprint density at radius 3 is 0.560 bits per heavy atom. The second-order valence-electron chi connectivity index (χ2n) is 21.6. The van der Waals surface area contributed by atoms with Crippen molar-refractivity contribution in [3.05, 3.63) is 384 Å². The molecule has 0 nitrogen and oxygen atoms in total. The van der Waals surface area contributed by atoms with Crippen LogP contribution in [0.5, 0.6) is 0 Å². The van der Waals surface area contributed by atoms with Gasteiger partial charge >= 0.3 is 0 Å². The summed E-state index contributed by atoms with van der Waals surface area (Å²) >= 11 is 0. The SMILES string of the molecule is c1ccc(P(Cc2ccccc2CC(c2ccccc2CP(c2ccccc2)c2ccccc2)C(Cc2ccccc2CP(c2ccccc2)c2ccccc2)c2ccccc2CP(c2ccccc2)c2ccccc2)c2ccccc2)cc1. The zero-order valence-electron chi connectivity index (χ0n) is 47.5. The molecule has 2 unspecified atom stereocenters. The predicted octanol–water partition coefficient (Wildman–Crippen LogP) is 17.6. The first-order valence-electron chi connectivity index (χ1n) is 29.5. The number of rotatable bonds is 23. The minimum Gasteiger partial charge on any atom is -0.0622 e. The normalized spacial score (nSPS) is 12.2. The van der Waals surface area contributed by atoms with Crippen molar-refractivity contribution < 1.29 is 0 Å². The largest absolute Gasteiger partial charge is 0.0622 e. The summed E-state index contributed by atoms with van der Waals surface area (Å²) in [7, 11) is -2.87. The second-order valence-corrected chi connectivity index (χ2v) is 30.4. The molecule has 12 aromatic carbocycles. The van der Waals surface area contributed by atoms with Crippen LogP contribution in [0.25, 0.3) is 0 Å². The summed E-state index contributed by atoms with van der Waals surface area (Å²) in [4.78, 5) is 0. The molecule has 0 aliphatic rings. The lowest BCUT2D eigenvalue weighted by Gasteiger charge is -2.34. The van der Waals surface area contributed by atoms with Crippen LogP contribution in [0.1, 0.15) is 56.3 Å². The molecule has 0 radical (unpaired) electrons.